The van der Waals surface area contributed by atoms with Crippen LogP contribution in [0.25, 0.3) is 0 Å². The van der Waals surface area contributed by atoms with E-state index in [1.807, 2.05) is 13.8 Å². The Hall–Kier alpha value is -0.710. The van der Waals surface area contributed by atoms with Crippen molar-refractivity contribution in [2.24, 2.45) is 11.8 Å². The molecule has 1 aliphatic carbocycles. The highest BCUT2D eigenvalue weighted by molar-refractivity contribution is 5.70. The average molecular weight is 236 g/mol. The molecule has 0 aromatic carbocycles. The zero-order valence-electron chi connectivity index (χ0n) is 9.62. The number of halogens is 2. The lowest BCUT2D eigenvalue weighted by atomic mass is 9.83. The van der Waals surface area contributed by atoms with Gasteiger partial charge in [-0.15, -0.1) is 0 Å². The van der Waals surface area contributed by atoms with Crippen LogP contribution in [-0.4, -0.2) is 31.7 Å². The number of esters is 1. The molecule has 94 valence electrons. The van der Waals surface area contributed by atoms with Gasteiger partial charge in [-0.05, 0) is 18.8 Å². The second-order valence-electron chi connectivity index (χ2n) is 4.58. The molecular weight excluding hydrogens is 218 g/mol. The molecule has 0 heterocycles. The monoisotopic (exact) mass is 236 g/mol. The Morgan fingerprint density at radius 1 is 1.38 bits per heavy atom. The molecule has 5 heteroatoms. The van der Waals surface area contributed by atoms with Crippen molar-refractivity contribution in [1.29, 1.82) is 0 Å². The summed E-state index contributed by atoms with van der Waals surface area (Å²) >= 11 is 0. The Labute approximate surface area is 94.1 Å². The molecule has 0 unspecified atom stereocenters. The third-order valence-corrected chi connectivity index (χ3v) is 2.50. The van der Waals surface area contributed by atoms with Gasteiger partial charge >= 0.3 is 5.97 Å². The van der Waals surface area contributed by atoms with E-state index >= 15 is 0 Å². The van der Waals surface area contributed by atoms with Gasteiger partial charge in [0.15, 0.2) is 0 Å². The SMILES string of the molecule is CC(C)COC(=O)COC1CC(C(F)F)C1. The second kappa shape index (κ2) is 6.13. The number of hydrogen-bond acceptors (Lipinski definition) is 3. The molecule has 0 radical (unpaired) electrons. The summed E-state index contributed by atoms with van der Waals surface area (Å²) in [6.07, 6.45) is -1.79. The normalized spacial score (nSPS) is 24.6. The van der Waals surface area contributed by atoms with Crippen LogP contribution in [0.1, 0.15) is 26.7 Å². The number of ether oxygens (including phenoxy) is 2. The molecule has 0 amide bonds. The first-order valence-electron chi connectivity index (χ1n) is 5.54. The zero-order chi connectivity index (χ0) is 12.1. The van der Waals surface area contributed by atoms with Crippen LogP contribution in [0.2, 0.25) is 0 Å². The first kappa shape index (κ1) is 13.4. The average Bonchev–Trinajstić information content (AvgIpc) is 2.11. The number of carbonyl (C=O) groups excluding carboxylic acids is 1. The van der Waals surface area contributed by atoms with Gasteiger partial charge in [0.2, 0.25) is 6.43 Å². The van der Waals surface area contributed by atoms with Crippen molar-refractivity contribution in [2.45, 2.75) is 39.2 Å². The van der Waals surface area contributed by atoms with E-state index in [1.165, 1.54) is 0 Å². The summed E-state index contributed by atoms with van der Waals surface area (Å²) in [7, 11) is 0. The van der Waals surface area contributed by atoms with Crippen LogP contribution in [0, 0.1) is 11.8 Å². The minimum absolute atomic E-state index is 0.132. The van der Waals surface area contributed by atoms with Crippen LogP contribution < -0.4 is 0 Å². The maximum Gasteiger partial charge on any atom is 0.332 e. The van der Waals surface area contributed by atoms with Crippen LogP contribution in [0.4, 0.5) is 8.78 Å². The van der Waals surface area contributed by atoms with E-state index in [1.54, 1.807) is 0 Å². The zero-order valence-corrected chi connectivity index (χ0v) is 9.62. The van der Waals surface area contributed by atoms with Crippen molar-refractivity contribution in [3.63, 3.8) is 0 Å². The van der Waals surface area contributed by atoms with E-state index in [9.17, 15) is 13.6 Å². The van der Waals surface area contributed by atoms with Gasteiger partial charge in [-0.2, -0.15) is 0 Å². The first-order chi connectivity index (χ1) is 7.49. The second-order valence-corrected chi connectivity index (χ2v) is 4.58. The Morgan fingerprint density at radius 3 is 2.50 bits per heavy atom. The van der Waals surface area contributed by atoms with Gasteiger partial charge in [-0.1, -0.05) is 13.8 Å². The Kier molecular flexibility index (Phi) is 5.12. The fraction of sp³-hybridized carbons (Fsp3) is 0.909. The molecule has 0 bridgehead atoms. The summed E-state index contributed by atoms with van der Waals surface area (Å²) in [6.45, 7) is 4.11. The number of carbonyl (C=O) groups is 1. The van der Waals surface area contributed by atoms with Crippen molar-refractivity contribution in [3.8, 4) is 0 Å². The lowest BCUT2D eigenvalue weighted by molar-refractivity contribution is -0.157. The fourth-order valence-electron chi connectivity index (χ4n) is 1.44. The maximum absolute atomic E-state index is 12.1. The van der Waals surface area contributed by atoms with Crippen LogP contribution in [0.3, 0.4) is 0 Å². The van der Waals surface area contributed by atoms with Crippen molar-refractivity contribution < 1.29 is 23.0 Å². The minimum atomic E-state index is -2.27. The summed E-state index contributed by atoms with van der Waals surface area (Å²) in [4.78, 5) is 11.1. The molecule has 1 aliphatic rings. The Balaban J connectivity index is 2.02. The van der Waals surface area contributed by atoms with Gasteiger partial charge in [-0.3, -0.25) is 0 Å². The fourth-order valence-corrected chi connectivity index (χ4v) is 1.44. The molecule has 1 saturated carbocycles. The van der Waals surface area contributed by atoms with Crippen molar-refractivity contribution in [3.05, 3.63) is 0 Å². The van der Waals surface area contributed by atoms with Crippen LogP contribution in [0.5, 0.6) is 0 Å². The highest BCUT2D eigenvalue weighted by Crippen LogP contribution is 2.34. The van der Waals surface area contributed by atoms with E-state index < -0.39 is 18.3 Å². The molecule has 3 nitrogen and oxygen atoms in total. The smallest absolute Gasteiger partial charge is 0.332 e. The van der Waals surface area contributed by atoms with E-state index in [0.717, 1.165) is 0 Å². The summed E-state index contributed by atoms with van der Waals surface area (Å²) in [5.41, 5.74) is 0. The number of rotatable bonds is 6. The van der Waals surface area contributed by atoms with Crippen molar-refractivity contribution >= 4 is 5.97 Å². The van der Waals surface area contributed by atoms with Crippen molar-refractivity contribution in [1.82, 2.24) is 0 Å². The largest absolute Gasteiger partial charge is 0.464 e. The van der Waals surface area contributed by atoms with E-state index in [-0.39, 0.29) is 18.6 Å². The Morgan fingerprint density at radius 2 is 2.00 bits per heavy atom. The molecule has 0 spiro atoms. The van der Waals surface area contributed by atoms with Gasteiger partial charge in [-0.25, -0.2) is 13.6 Å². The number of hydrogen-bond donors (Lipinski definition) is 0. The molecule has 0 atom stereocenters. The molecule has 1 fully saturated rings. The van der Waals surface area contributed by atoms with Crippen LogP contribution in [0.15, 0.2) is 0 Å². The molecule has 0 aromatic rings. The van der Waals surface area contributed by atoms with Crippen molar-refractivity contribution in [2.75, 3.05) is 13.2 Å². The van der Waals surface area contributed by atoms with E-state index in [2.05, 4.69) is 0 Å². The lowest BCUT2D eigenvalue weighted by Crippen LogP contribution is -2.36. The van der Waals surface area contributed by atoms with Crippen LogP contribution in [-0.2, 0) is 14.3 Å². The molecule has 0 saturated heterocycles. The summed E-state index contributed by atoms with van der Waals surface area (Å²) in [6, 6.07) is 0. The van der Waals surface area contributed by atoms with E-state index in [0.29, 0.717) is 19.4 Å². The predicted molar refractivity (Wildman–Crippen MR) is 54.3 cm³/mol. The molecule has 0 aromatic heterocycles. The molecular formula is C11H18F2O3. The van der Waals surface area contributed by atoms with Crippen LogP contribution >= 0.6 is 0 Å². The topological polar surface area (TPSA) is 35.5 Å². The summed E-state index contributed by atoms with van der Waals surface area (Å²) < 4.78 is 34.3. The quantitative estimate of drug-likeness (QED) is 0.663. The minimum Gasteiger partial charge on any atom is -0.464 e. The van der Waals surface area contributed by atoms with Gasteiger partial charge in [0, 0.05) is 5.92 Å². The first-order valence-corrected chi connectivity index (χ1v) is 5.54. The summed E-state index contributed by atoms with van der Waals surface area (Å²) in [5, 5.41) is 0. The highest BCUT2D eigenvalue weighted by Gasteiger charge is 2.36. The van der Waals surface area contributed by atoms with E-state index in [4.69, 9.17) is 9.47 Å². The highest BCUT2D eigenvalue weighted by atomic mass is 19.3. The molecule has 1 rings (SSSR count). The number of alkyl halides is 2. The third kappa shape index (κ3) is 4.43. The lowest BCUT2D eigenvalue weighted by Gasteiger charge is -2.34. The predicted octanol–water partition coefficient (Wildman–Crippen LogP) is 2.25. The molecule has 0 aliphatic heterocycles. The third-order valence-electron chi connectivity index (χ3n) is 2.50. The molecule has 16 heavy (non-hydrogen) atoms. The van der Waals surface area contributed by atoms with Gasteiger partial charge in [0.25, 0.3) is 0 Å². The van der Waals surface area contributed by atoms with Gasteiger partial charge < -0.3 is 9.47 Å². The Bertz CT molecular complexity index is 225. The van der Waals surface area contributed by atoms with Gasteiger partial charge in [0.05, 0.1) is 12.7 Å². The molecule has 0 N–H and O–H groups in total. The summed E-state index contributed by atoms with van der Waals surface area (Å²) in [5.74, 6) is -0.693. The standard InChI is InChI=1S/C11H18F2O3/c1-7(2)5-16-10(14)6-15-9-3-8(4-9)11(12)13/h7-9,11H,3-6H2,1-2H3. The maximum atomic E-state index is 12.1. The van der Waals surface area contributed by atoms with Gasteiger partial charge in [0.1, 0.15) is 6.61 Å².